The maximum Gasteiger partial charge on any atom is 1.00 e. The normalized spacial score (nSPS) is 6.57. The molecule has 0 unspecified atom stereocenters. The summed E-state index contributed by atoms with van der Waals surface area (Å²) in [6.07, 6.45) is 0. The zero-order valence-corrected chi connectivity index (χ0v) is 6.40. The van der Waals surface area contributed by atoms with Crippen molar-refractivity contribution in [3.05, 3.63) is 0 Å². The minimum atomic E-state index is 0. The van der Waals surface area contributed by atoms with Crippen LogP contribution in [0, 0.1) is 0 Å². The van der Waals surface area contributed by atoms with Crippen LogP contribution in [-0.4, -0.2) is 23.3 Å². The van der Waals surface area contributed by atoms with Crippen LogP contribution in [0.1, 0.15) is 0 Å². The van der Waals surface area contributed by atoms with E-state index in [1.807, 2.05) is 14.1 Å². The maximum absolute atomic E-state index is 4.56. The Bertz CT molecular complexity index is 64.0. The molecule has 0 N–H and O–H groups in total. The van der Waals surface area contributed by atoms with Crippen molar-refractivity contribution >= 4 is 29.2 Å². The van der Waals surface area contributed by atoms with E-state index in [4.69, 9.17) is 0 Å². The van der Waals surface area contributed by atoms with E-state index in [1.54, 1.807) is 4.90 Å². The number of nitrogens with zero attached hydrogens (tertiary/aromatic N) is 1. The van der Waals surface area contributed by atoms with Gasteiger partial charge in [-0.25, -0.2) is 0 Å². The second-order valence-corrected chi connectivity index (χ2v) is 2.19. The van der Waals surface area contributed by atoms with Crippen LogP contribution >= 0.6 is 12.2 Å². The predicted molar refractivity (Wildman–Crippen MR) is 33.6 cm³/mol. The Morgan fingerprint density at radius 3 is 1.71 bits per heavy atom. The van der Waals surface area contributed by atoms with E-state index in [1.165, 1.54) is 0 Å². The molecule has 0 aromatic rings. The van der Waals surface area contributed by atoms with Crippen LogP contribution in [0.4, 0.5) is 0 Å². The molecule has 0 aromatic heterocycles. The van der Waals surface area contributed by atoms with Crippen molar-refractivity contribution in [2.75, 3.05) is 14.1 Å². The van der Waals surface area contributed by atoms with Crippen molar-refractivity contribution in [1.29, 1.82) is 0 Å². The third kappa shape index (κ3) is 6.71. The molecular weight excluding hydrogens is 121 g/mol. The van der Waals surface area contributed by atoms with Crippen LogP contribution in [0.25, 0.3) is 0 Å². The van der Waals surface area contributed by atoms with Gasteiger partial charge in [0.2, 0.25) is 0 Å². The molecule has 0 fully saturated rings. The molecule has 0 amide bonds. The average Bonchev–Trinajstić information content (AvgIpc) is 1.36. The average molecular weight is 127 g/mol. The van der Waals surface area contributed by atoms with Gasteiger partial charge in [-0.05, 0) is 0 Å². The van der Waals surface area contributed by atoms with Crippen LogP contribution in [0.3, 0.4) is 0 Å². The zero-order chi connectivity index (χ0) is 5.15. The van der Waals surface area contributed by atoms with Gasteiger partial charge in [-0.3, -0.25) is 0 Å². The largest absolute Gasteiger partial charge is 1.00 e. The fourth-order valence-electron chi connectivity index (χ4n) is 0. The second-order valence-electron chi connectivity index (χ2n) is 1.16. The maximum atomic E-state index is 4.56. The summed E-state index contributed by atoms with van der Waals surface area (Å²) in [6, 6.07) is 0. The molecule has 0 saturated carbocycles. The minimum absolute atomic E-state index is 0. The summed E-state index contributed by atoms with van der Waals surface area (Å²) in [5, 5.41) is 0. The molecule has 0 rings (SSSR count). The van der Waals surface area contributed by atoms with E-state index >= 15 is 0 Å². The van der Waals surface area contributed by atoms with Crippen LogP contribution < -0.4 is 18.9 Å². The minimum Gasteiger partial charge on any atom is -0.411 e. The van der Waals surface area contributed by atoms with Crippen molar-refractivity contribution in [3.63, 3.8) is 0 Å². The number of thiocarbonyl (C=S) groups is 1. The molecule has 0 radical (unpaired) electrons. The first-order chi connectivity index (χ1) is 2.64. The van der Waals surface area contributed by atoms with Crippen LogP contribution in [-0.2, 0) is 12.6 Å². The molecule has 0 aromatic carbocycles. The molecule has 1 nitrogen and oxygen atoms in total. The summed E-state index contributed by atoms with van der Waals surface area (Å²) >= 11 is 9.12. The first-order valence-electron chi connectivity index (χ1n) is 1.53. The Hall–Kier alpha value is 0.707. The molecule has 0 aliphatic heterocycles. The Morgan fingerprint density at radius 1 is 1.57 bits per heavy atom. The third-order valence-electron chi connectivity index (χ3n) is 0.365. The van der Waals surface area contributed by atoms with Gasteiger partial charge in [-0.1, -0.05) is 4.32 Å². The van der Waals surface area contributed by atoms with Crippen LogP contribution in [0.5, 0.6) is 0 Å². The number of hydrogen-bond donors (Lipinski definition) is 0. The van der Waals surface area contributed by atoms with Crippen molar-refractivity contribution in [2.45, 2.75) is 0 Å². The van der Waals surface area contributed by atoms with Gasteiger partial charge in [0.05, 0.1) is 0 Å². The molecule has 4 heteroatoms. The summed E-state index contributed by atoms with van der Waals surface area (Å²) in [7, 11) is 3.66. The van der Waals surface area contributed by atoms with Crippen molar-refractivity contribution in [1.82, 2.24) is 4.90 Å². The van der Waals surface area contributed by atoms with Crippen LogP contribution in [0.2, 0.25) is 0 Å². The molecule has 0 bridgehead atoms. The monoisotopic (exact) mass is 127 g/mol. The van der Waals surface area contributed by atoms with E-state index in [-0.39, 0.29) is 18.9 Å². The molecule has 0 saturated heterocycles. The van der Waals surface area contributed by atoms with E-state index in [9.17, 15) is 0 Å². The van der Waals surface area contributed by atoms with Gasteiger partial charge < -0.3 is 29.7 Å². The fourth-order valence-corrected chi connectivity index (χ4v) is 0. The molecule has 36 valence electrons. The Kier molecular flexibility index (Phi) is 7.39. The quantitative estimate of drug-likeness (QED) is 0.199. The van der Waals surface area contributed by atoms with Gasteiger partial charge in [0.25, 0.3) is 0 Å². The van der Waals surface area contributed by atoms with E-state index < -0.39 is 0 Å². The number of rotatable bonds is 0. The van der Waals surface area contributed by atoms with Crippen molar-refractivity contribution in [2.24, 2.45) is 0 Å². The Labute approximate surface area is 67.0 Å². The Morgan fingerprint density at radius 2 is 1.71 bits per heavy atom. The molecule has 7 heavy (non-hydrogen) atoms. The molecular formula is C3H6LiNS2. The third-order valence-corrected chi connectivity index (χ3v) is 1.10. The smallest absolute Gasteiger partial charge is 0.411 e. The summed E-state index contributed by atoms with van der Waals surface area (Å²) < 4.78 is 0.509. The first-order valence-corrected chi connectivity index (χ1v) is 2.34. The van der Waals surface area contributed by atoms with Gasteiger partial charge in [-0.15, -0.1) is 0 Å². The molecule has 0 atom stereocenters. The van der Waals surface area contributed by atoms with Gasteiger partial charge >= 0.3 is 18.9 Å². The SMILES string of the molecule is CN(C)C(=S)[S-].[Li+]. The first kappa shape index (κ1) is 10.6. The summed E-state index contributed by atoms with van der Waals surface area (Å²) in [6.45, 7) is 0. The van der Waals surface area contributed by atoms with Crippen LogP contribution in [0.15, 0.2) is 0 Å². The molecule has 0 aliphatic rings. The van der Waals surface area contributed by atoms with E-state index in [2.05, 4.69) is 24.8 Å². The van der Waals surface area contributed by atoms with Gasteiger partial charge in [0.15, 0.2) is 0 Å². The standard InChI is InChI=1S/C3H7NS2.Li/c1-4(2)3(5)6;/h1-2H3,(H,5,6);/q;+1/p-1. The van der Waals surface area contributed by atoms with E-state index in [0.717, 1.165) is 0 Å². The van der Waals surface area contributed by atoms with Gasteiger partial charge in [0, 0.05) is 14.1 Å². The number of hydrogen-bond acceptors (Lipinski definition) is 2. The van der Waals surface area contributed by atoms with Gasteiger partial charge in [0.1, 0.15) is 0 Å². The van der Waals surface area contributed by atoms with Gasteiger partial charge in [-0.2, -0.15) is 0 Å². The molecule has 0 heterocycles. The van der Waals surface area contributed by atoms with E-state index in [0.29, 0.717) is 4.32 Å². The second kappa shape index (κ2) is 4.86. The zero-order valence-electron chi connectivity index (χ0n) is 4.76. The fraction of sp³-hybridized carbons (Fsp3) is 0.667. The topological polar surface area (TPSA) is 3.24 Å². The molecule has 0 aliphatic carbocycles. The van der Waals surface area contributed by atoms with Crippen molar-refractivity contribution in [3.8, 4) is 0 Å². The summed E-state index contributed by atoms with van der Waals surface area (Å²) in [4.78, 5) is 1.71. The van der Waals surface area contributed by atoms with Crippen molar-refractivity contribution < 1.29 is 18.9 Å². The molecule has 0 spiro atoms. The summed E-state index contributed by atoms with van der Waals surface area (Å²) in [5.41, 5.74) is 0. The Balaban J connectivity index is 0. The predicted octanol–water partition coefficient (Wildman–Crippen LogP) is -2.62. The summed E-state index contributed by atoms with van der Waals surface area (Å²) in [5.74, 6) is 0.